The molecule has 4 heteroatoms. The molecule has 1 aromatic rings. The number of nitrogens with zero attached hydrogens (tertiary/aromatic N) is 1. The molecule has 80 valence electrons. The van der Waals surface area contributed by atoms with Gasteiger partial charge in [0.15, 0.2) is 5.76 Å². The maximum atomic E-state index is 11.4. The third-order valence-corrected chi connectivity index (χ3v) is 1.97. The van der Waals surface area contributed by atoms with Crippen LogP contribution in [0.5, 0.6) is 0 Å². The average Bonchev–Trinajstić information content (AvgIpc) is 2.64. The first-order valence-corrected chi connectivity index (χ1v) is 4.95. The fourth-order valence-electron chi connectivity index (χ4n) is 1.17. The molecule has 0 aliphatic carbocycles. The highest BCUT2D eigenvalue weighted by atomic mass is 16.3. The maximum absolute atomic E-state index is 11.4. The van der Waals surface area contributed by atoms with E-state index in [-0.39, 0.29) is 5.91 Å². The summed E-state index contributed by atoms with van der Waals surface area (Å²) in [6.45, 7) is 2.38. The van der Waals surface area contributed by atoms with Crippen LogP contribution in [0.2, 0.25) is 0 Å². The molecule has 0 unspecified atom stereocenters. The highest BCUT2D eigenvalue weighted by Gasteiger charge is 2.08. The Labute approximate surface area is 88.9 Å². The third kappa shape index (κ3) is 3.86. The number of carbonyl (C=O) groups excluding carboxylic acids is 1. The van der Waals surface area contributed by atoms with Gasteiger partial charge in [-0.05, 0) is 31.9 Å². The van der Waals surface area contributed by atoms with E-state index >= 15 is 0 Å². The van der Waals surface area contributed by atoms with Crippen LogP contribution >= 0.6 is 0 Å². The number of nitriles is 1. The van der Waals surface area contributed by atoms with E-state index in [1.165, 1.54) is 0 Å². The fourth-order valence-corrected chi connectivity index (χ4v) is 1.17. The van der Waals surface area contributed by atoms with Crippen molar-refractivity contribution in [3.05, 3.63) is 23.7 Å². The lowest BCUT2D eigenvalue weighted by Gasteiger charge is -2.00. The molecular formula is C11H14N2O2. The Morgan fingerprint density at radius 3 is 2.93 bits per heavy atom. The van der Waals surface area contributed by atoms with Gasteiger partial charge in [0, 0.05) is 13.0 Å². The van der Waals surface area contributed by atoms with E-state index in [1.54, 1.807) is 19.1 Å². The van der Waals surface area contributed by atoms with Crippen molar-refractivity contribution in [1.82, 2.24) is 5.32 Å². The summed E-state index contributed by atoms with van der Waals surface area (Å²) < 4.78 is 5.16. The molecule has 1 N–H and O–H groups in total. The zero-order valence-electron chi connectivity index (χ0n) is 8.75. The molecule has 0 saturated heterocycles. The lowest BCUT2D eigenvalue weighted by molar-refractivity contribution is 0.0924. The quantitative estimate of drug-likeness (QED) is 0.749. The van der Waals surface area contributed by atoms with Gasteiger partial charge >= 0.3 is 0 Å². The van der Waals surface area contributed by atoms with Gasteiger partial charge in [-0.15, -0.1) is 0 Å². The number of unbranched alkanes of at least 4 members (excludes halogenated alkanes) is 2. The SMILES string of the molecule is Cc1ccc(C(=O)NCCCCC#N)o1. The van der Waals surface area contributed by atoms with Crippen molar-refractivity contribution in [1.29, 1.82) is 5.26 Å². The van der Waals surface area contributed by atoms with E-state index in [0.717, 1.165) is 18.6 Å². The largest absolute Gasteiger partial charge is 0.456 e. The van der Waals surface area contributed by atoms with Crippen LogP contribution in [0.4, 0.5) is 0 Å². The van der Waals surface area contributed by atoms with Crippen molar-refractivity contribution in [3.63, 3.8) is 0 Å². The second-order valence-corrected chi connectivity index (χ2v) is 3.28. The summed E-state index contributed by atoms with van der Waals surface area (Å²) in [4.78, 5) is 11.4. The smallest absolute Gasteiger partial charge is 0.286 e. The van der Waals surface area contributed by atoms with Gasteiger partial charge in [-0.1, -0.05) is 0 Å². The third-order valence-electron chi connectivity index (χ3n) is 1.97. The second-order valence-electron chi connectivity index (χ2n) is 3.28. The normalized spacial score (nSPS) is 9.60. The van der Waals surface area contributed by atoms with Gasteiger partial charge < -0.3 is 9.73 Å². The Morgan fingerprint density at radius 1 is 1.53 bits per heavy atom. The van der Waals surface area contributed by atoms with E-state index < -0.39 is 0 Å². The Balaban J connectivity index is 2.23. The molecule has 0 fully saturated rings. The predicted molar refractivity (Wildman–Crippen MR) is 55.2 cm³/mol. The Kier molecular flexibility index (Phi) is 4.42. The summed E-state index contributed by atoms with van der Waals surface area (Å²) in [5, 5.41) is 11.0. The summed E-state index contributed by atoms with van der Waals surface area (Å²) in [6.07, 6.45) is 2.17. The van der Waals surface area contributed by atoms with E-state index in [0.29, 0.717) is 18.7 Å². The molecule has 0 saturated carbocycles. The lowest BCUT2D eigenvalue weighted by Crippen LogP contribution is -2.23. The highest BCUT2D eigenvalue weighted by Crippen LogP contribution is 2.05. The molecule has 0 radical (unpaired) electrons. The zero-order valence-corrected chi connectivity index (χ0v) is 8.75. The number of rotatable bonds is 5. The molecule has 1 heterocycles. The van der Waals surface area contributed by atoms with E-state index in [1.807, 2.05) is 0 Å². The first-order valence-electron chi connectivity index (χ1n) is 4.95. The number of carbonyl (C=O) groups is 1. The highest BCUT2D eigenvalue weighted by molar-refractivity contribution is 5.91. The fraction of sp³-hybridized carbons (Fsp3) is 0.455. The molecule has 4 nitrogen and oxygen atoms in total. The monoisotopic (exact) mass is 206 g/mol. The maximum Gasteiger partial charge on any atom is 0.286 e. The molecule has 0 bridgehead atoms. The number of furan rings is 1. The van der Waals surface area contributed by atoms with Crippen molar-refractivity contribution in [2.45, 2.75) is 26.2 Å². The molecule has 0 aromatic carbocycles. The van der Waals surface area contributed by atoms with Crippen LogP contribution in [0.25, 0.3) is 0 Å². The Bertz CT molecular complexity index is 363. The second kappa shape index (κ2) is 5.86. The van der Waals surface area contributed by atoms with E-state index in [2.05, 4.69) is 11.4 Å². The van der Waals surface area contributed by atoms with Gasteiger partial charge in [0.2, 0.25) is 0 Å². The van der Waals surface area contributed by atoms with Gasteiger partial charge in [0.25, 0.3) is 5.91 Å². The summed E-state index contributed by atoms with van der Waals surface area (Å²) in [7, 11) is 0. The number of hydrogen-bond donors (Lipinski definition) is 1. The number of nitrogens with one attached hydrogen (secondary N) is 1. The van der Waals surface area contributed by atoms with Gasteiger partial charge in [0.05, 0.1) is 6.07 Å². The molecule has 0 spiro atoms. The van der Waals surface area contributed by atoms with Gasteiger partial charge in [-0.3, -0.25) is 4.79 Å². The van der Waals surface area contributed by atoms with Crippen LogP contribution in [0.1, 0.15) is 35.6 Å². The summed E-state index contributed by atoms with van der Waals surface area (Å²) in [6, 6.07) is 5.47. The minimum absolute atomic E-state index is 0.194. The van der Waals surface area contributed by atoms with Crippen LogP contribution in [-0.2, 0) is 0 Å². The lowest BCUT2D eigenvalue weighted by atomic mass is 10.2. The molecule has 0 atom stereocenters. The molecule has 1 rings (SSSR count). The van der Waals surface area contributed by atoms with E-state index in [9.17, 15) is 4.79 Å². The van der Waals surface area contributed by atoms with Gasteiger partial charge in [-0.25, -0.2) is 0 Å². The first kappa shape index (κ1) is 11.3. The average molecular weight is 206 g/mol. The van der Waals surface area contributed by atoms with Crippen LogP contribution in [0.15, 0.2) is 16.5 Å². The zero-order chi connectivity index (χ0) is 11.1. The minimum Gasteiger partial charge on any atom is -0.456 e. The van der Waals surface area contributed by atoms with Crippen LogP contribution < -0.4 is 5.32 Å². The van der Waals surface area contributed by atoms with Crippen molar-refractivity contribution in [3.8, 4) is 6.07 Å². The van der Waals surface area contributed by atoms with Crippen LogP contribution in [0, 0.1) is 18.3 Å². The topological polar surface area (TPSA) is 66.0 Å². The van der Waals surface area contributed by atoms with Crippen molar-refractivity contribution >= 4 is 5.91 Å². The summed E-state index contributed by atoms with van der Waals surface area (Å²) in [5.41, 5.74) is 0. The Morgan fingerprint density at radius 2 is 2.33 bits per heavy atom. The number of hydrogen-bond acceptors (Lipinski definition) is 3. The molecule has 0 aliphatic heterocycles. The van der Waals surface area contributed by atoms with Crippen LogP contribution in [-0.4, -0.2) is 12.5 Å². The Hall–Kier alpha value is -1.76. The predicted octanol–water partition coefficient (Wildman–Crippen LogP) is 2.01. The minimum atomic E-state index is -0.194. The van der Waals surface area contributed by atoms with Crippen molar-refractivity contribution in [2.24, 2.45) is 0 Å². The first-order chi connectivity index (χ1) is 7.24. The number of amides is 1. The summed E-state index contributed by atoms with van der Waals surface area (Å²) in [5.74, 6) is 0.873. The molecule has 1 amide bonds. The number of aryl methyl sites for hydroxylation is 1. The van der Waals surface area contributed by atoms with Crippen molar-refractivity contribution in [2.75, 3.05) is 6.54 Å². The summed E-state index contributed by atoms with van der Waals surface area (Å²) >= 11 is 0. The molecule has 0 aliphatic rings. The van der Waals surface area contributed by atoms with Gasteiger partial charge in [-0.2, -0.15) is 5.26 Å². The van der Waals surface area contributed by atoms with Gasteiger partial charge in [0.1, 0.15) is 5.76 Å². The van der Waals surface area contributed by atoms with E-state index in [4.69, 9.17) is 9.68 Å². The standard InChI is InChI=1S/C11H14N2O2/c1-9-5-6-10(15-9)11(14)13-8-4-2-3-7-12/h5-6H,2-4,8H2,1H3,(H,13,14). The molecule has 1 aromatic heterocycles. The molecule has 15 heavy (non-hydrogen) atoms. The molecular weight excluding hydrogens is 192 g/mol. The van der Waals surface area contributed by atoms with Crippen LogP contribution in [0.3, 0.4) is 0 Å². The van der Waals surface area contributed by atoms with Crippen molar-refractivity contribution < 1.29 is 9.21 Å².